The van der Waals surface area contributed by atoms with Gasteiger partial charge in [0.2, 0.25) is 0 Å². The van der Waals surface area contributed by atoms with Crippen LogP contribution in [0, 0.1) is 0 Å². The van der Waals surface area contributed by atoms with E-state index in [2.05, 4.69) is 52.6 Å². The maximum absolute atomic E-state index is 6.16. The summed E-state index contributed by atoms with van der Waals surface area (Å²) in [7, 11) is 0. The van der Waals surface area contributed by atoms with Crippen molar-refractivity contribution in [1.29, 1.82) is 0 Å². The van der Waals surface area contributed by atoms with E-state index in [0.29, 0.717) is 0 Å². The number of halogens is 2. The van der Waals surface area contributed by atoms with Gasteiger partial charge in [-0.3, -0.25) is 0 Å². The normalized spacial score (nSPS) is 12.9. The van der Waals surface area contributed by atoms with Crippen molar-refractivity contribution in [1.82, 2.24) is 5.32 Å². The first-order valence-corrected chi connectivity index (χ1v) is 8.78. The Morgan fingerprint density at radius 2 is 2.22 bits per heavy atom. The third-order valence-electron chi connectivity index (χ3n) is 2.78. The zero-order valence-electron chi connectivity index (χ0n) is 10.3. The molecule has 98 valence electrons. The Labute approximate surface area is 129 Å². The van der Waals surface area contributed by atoms with E-state index in [1.54, 1.807) is 11.3 Å². The molecule has 0 aromatic carbocycles. The van der Waals surface area contributed by atoms with E-state index in [1.165, 1.54) is 15.3 Å². The van der Waals surface area contributed by atoms with Gasteiger partial charge in [0.15, 0.2) is 0 Å². The standard InChI is InChI=1S/C13H15BrClNS2/c1-3-8-5-6-17-12(8)11(16-4-2)10-7-9(14)13(15)18-10/h5-7,11,16H,3-4H2,1-2H3. The van der Waals surface area contributed by atoms with Crippen molar-refractivity contribution in [2.24, 2.45) is 0 Å². The fourth-order valence-corrected chi connectivity index (χ4v) is 4.91. The molecule has 0 aliphatic rings. The maximum Gasteiger partial charge on any atom is 0.107 e. The van der Waals surface area contributed by atoms with E-state index in [4.69, 9.17) is 11.6 Å². The summed E-state index contributed by atoms with van der Waals surface area (Å²) < 4.78 is 1.81. The highest BCUT2D eigenvalue weighted by Gasteiger charge is 2.20. The molecule has 2 heterocycles. The molecule has 0 radical (unpaired) electrons. The number of nitrogens with one attached hydrogen (secondary N) is 1. The first kappa shape index (κ1) is 14.5. The fourth-order valence-electron chi connectivity index (χ4n) is 1.92. The molecule has 2 rings (SSSR count). The summed E-state index contributed by atoms with van der Waals surface area (Å²) in [6.45, 7) is 5.28. The Balaban J connectivity index is 2.39. The molecular weight excluding hydrogens is 350 g/mol. The number of rotatable bonds is 5. The van der Waals surface area contributed by atoms with Crippen molar-refractivity contribution in [2.75, 3.05) is 6.54 Å². The van der Waals surface area contributed by atoms with Crippen molar-refractivity contribution in [2.45, 2.75) is 26.3 Å². The molecule has 18 heavy (non-hydrogen) atoms. The molecule has 0 amide bonds. The lowest BCUT2D eigenvalue weighted by molar-refractivity contribution is 0.644. The van der Waals surface area contributed by atoms with E-state index in [0.717, 1.165) is 21.8 Å². The van der Waals surface area contributed by atoms with E-state index in [1.807, 2.05) is 11.3 Å². The average molecular weight is 365 g/mol. The maximum atomic E-state index is 6.16. The molecule has 1 nitrogen and oxygen atoms in total. The Bertz CT molecular complexity index is 501. The molecule has 0 saturated carbocycles. The van der Waals surface area contributed by atoms with E-state index >= 15 is 0 Å². The minimum Gasteiger partial charge on any atom is -0.305 e. The van der Waals surface area contributed by atoms with Crippen LogP contribution >= 0.6 is 50.2 Å². The quantitative estimate of drug-likeness (QED) is 0.740. The van der Waals surface area contributed by atoms with Gasteiger partial charge in [0.1, 0.15) is 4.34 Å². The Hall–Kier alpha value is 0.130. The second kappa shape index (κ2) is 6.53. The van der Waals surface area contributed by atoms with Crippen LogP contribution in [0.25, 0.3) is 0 Å². The van der Waals surface area contributed by atoms with E-state index in [-0.39, 0.29) is 6.04 Å². The molecule has 0 aliphatic carbocycles. The monoisotopic (exact) mass is 363 g/mol. The molecule has 0 saturated heterocycles. The highest BCUT2D eigenvalue weighted by atomic mass is 79.9. The lowest BCUT2D eigenvalue weighted by Gasteiger charge is -2.16. The summed E-state index contributed by atoms with van der Waals surface area (Å²) in [4.78, 5) is 2.68. The van der Waals surface area contributed by atoms with Gasteiger partial charge >= 0.3 is 0 Å². The summed E-state index contributed by atoms with van der Waals surface area (Å²) >= 11 is 13.1. The first-order valence-electron chi connectivity index (χ1n) is 5.91. The summed E-state index contributed by atoms with van der Waals surface area (Å²) in [5.41, 5.74) is 1.42. The fraction of sp³-hybridized carbons (Fsp3) is 0.385. The molecule has 1 atom stereocenters. The van der Waals surface area contributed by atoms with E-state index in [9.17, 15) is 0 Å². The van der Waals surface area contributed by atoms with Crippen molar-refractivity contribution < 1.29 is 0 Å². The minimum atomic E-state index is 0.263. The third kappa shape index (κ3) is 2.99. The summed E-state index contributed by atoms with van der Waals surface area (Å²) in [5.74, 6) is 0. The molecular formula is C13H15BrClNS2. The van der Waals surface area contributed by atoms with Crippen molar-refractivity contribution in [3.8, 4) is 0 Å². The lowest BCUT2D eigenvalue weighted by atomic mass is 10.1. The van der Waals surface area contributed by atoms with Crippen LogP contribution in [-0.4, -0.2) is 6.54 Å². The van der Waals surface area contributed by atoms with Gasteiger partial charge in [-0.1, -0.05) is 25.4 Å². The lowest BCUT2D eigenvalue weighted by Crippen LogP contribution is -2.21. The number of thiophene rings is 2. The smallest absolute Gasteiger partial charge is 0.107 e. The van der Waals surface area contributed by atoms with Crippen LogP contribution < -0.4 is 5.32 Å². The van der Waals surface area contributed by atoms with Crippen LogP contribution in [0.4, 0.5) is 0 Å². The zero-order chi connectivity index (χ0) is 13.1. The molecule has 2 aromatic heterocycles. The number of hydrogen-bond acceptors (Lipinski definition) is 3. The summed E-state index contributed by atoms with van der Waals surface area (Å²) in [6.07, 6.45) is 1.07. The Morgan fingerprint density at radius 1 is 1.44 bits per heavy atom. The molecule has 0 aliphatic heterocycles. The van der Waals surface area contributed by atoms with Crippen molar-refractivity contribution in [3.63, 3.8) is 0 Å². The highest BCUT2D eigenvalue weighted by molar-refractivity contribution is 9.10. The predicted molar refractivity (Wildman–Crippen MR) is 86.2 cm³/mol. The van der Waals surface area contributed by atoms with Crippen LogP contribution in [0.15, 0.2) is 22.0 Å². The van der Waals surface area contributed by atoms with Gasteiger partial charge in [0.25, 0.3) is 0 Å². The van der Waals surface area contributed by atoms with Crippen LogP contribution in [0.3, 0.4) is 0 Å². The van der Waals surface area contributed by atoms with Gasteiger partial charge in [-0.25, -0.2) is 0 Å². The van der Waals surface area contributed by atoms with Crippen molar-refractivity contribution in [3.05, 3.63) is 41.6 Å². The van der Waals surface area contributed by atoms with Crippen molar-refractivity contribution >= 4 is 50.2 Å². The Morgan fingerprint density at radius 3 is 2.78 bits per heavy atom. The second-order valence-corrected chi connectivity index (χ2v) is 7.41. The third-order valence-corrected chi connectivity index (χ3v) is 6.34. The first-order chi connectivity index (χ1) is 8.67. The topological polar surface area (TPSA) is 12.0 Å². The molecule has 1 unspecified atom stereocenters. The van der Waals surface area contributed by atoms with Crippen LogP contribution in [0.1, 0.15) is 35.2 Å². The average Bonchev–Trinajstić information content (AvgIpc) is 2.94. The van der Waals surface area contributed by atoms with Gasteiger partial charge in [-0.2, -0.15) is 0 Å². The molecule has 0 bridgehead atoms. The second-order valence-electron chi connectivity index (χ2n) is 3.92. The molecule has 2 aromatic rings. The van der Waals surface area contributed by atoms with E-state index < -0.39 is 0 Å². The SMILES string of the molecule is CCNC(c1cc(Br)c(Cl)s1)c1sccc1CC. The molecule has 1 N–H and O–H groups in total. The summed E-state index contributed by atoms with van der Waals surface area (Å²) in [6, 6.07) is 4.60. The molecule has 0 fully saturated rings. The number of aryl methyl sites for hydroxylation is 1. The largest absolute Gasteiger partial charge is 0.305 e. The van der Waals surface area contributed by atoms with Crippen LogP contribution in [-0.2, 0) is 6.42 Å². The molecule has 0 spiro atoms. The highest BCUT2D eigenvalue weighted by Crippen LogP contribution is 2.39. The zero-order valence-corrected chi connectivity index (χ0v) is 14.3. The van der Waals surface area contributed by atoms with Gasteiger partial charge in [0, 0.05) is 14.2 Å². The van der Waals surface area contributed by atoms with Gasteiger partial charge in [-0.15, -0.1) is 22.7 Å². The number of hydrogen-bond donors (Lipinski definition) is 1. The van der Waals surface area contributed by atoms with Crippen LogP contribution in [0.5, 0.6) is 0 Å². The summed E-state index contributed by atoms with van der Waals surface area (Å²) in [5, 5.41) is 5.73. The Kier molecular flexibility index (Phi) is 5.27. The van der Waals surface area contributed by atoms with Gasteiger partial charge in [-0.05, 0) is 52.0 Å². The minimum absolute atomic E-state index is 0.263. The van der Waals surface area contributed by atoms with Gasteiger partial charge in [0.05, 0.1) is 6.04 Å². The van der Waals surface area contributed by atoms with Crippen LogP contribution in [0.2, 0.25) is 4.34 Å². The molecule has 5 heteroatoms. The van der Waals surface area contributed by atoms with Gasteiger partial charge < -0.3 is 5.32 Å². The predicted octanol–water partition coefficient (Wildman–Crippen LogP) is 5.49.